The maximum Gasteiger partial charge on any atom is 0.353 e. The van der Waals surface area contributed by atoms with Crippen molar-refractivity contribution in [3.63, 3.8) is 0 Å². The molecule has 0 aliphatic carbocycles. The van der Waals surface area contributed by atoms with Crippen LogP contribution in [0, 0.1) is 13.8 Å². The lowest BCUT2D eigenvalue weighted by Crippen LogP contribution is -2.23. The fourth-order valence-corrected chi connectivity index (χ4v) is 3.12. The molecule has 0 aliphatic rings. The van der Waals surface area contributed by atoms with Gasteiger partial charge in [-0.25, -0.2) is 4.79 Å². The number of hydrogen-bond donors (Lipinski definition) is 0. The van der Waals surface area contributed by atoms with Gasteiger partial charge in [-0.1, -0.05) is 77.9 Å². The average molecular weight is 352 g/mol. The number of hydrogen-bond acceptors (Lipinski definition) is 2. The quantitative estimate of drug-likeness (QED) is 0.509. The predicted octanol–water partition coefficient (Wildman–Crippen LogP) is 5.18. The maximum absolute atomic E-state index is 13.0. The molecule has 3 nitrogen and oxygen atoms in total. The minimum absolute atomic E-state index is 0.283. The first kappa shape index (κ1) is 17.0. The largest absolute Gasteiger partial charge is 0.353 e. The molecule has 0 saturated heterocycles. The van der Waals surface area contributed by atoms with E-state index in [1.165, 1.54) is 11.1 Å². The summed E-state index contributed by atoms with van der Waals surface area (Å²) in [5.41, 5.74) is 6.31. The molecule has 0 fully saturated rings. The summed E-state index contributed by atoms with van der Waals surface area (Å²) >= 11 is 0. The van der Waals surface area contributed by atoms with E-state index < -0.39 is 0 Å². The van der Waals surface area contributed by atoms with Gasteiger partial charge in [-0.15, -0.1) is 0 Å². The third kappa shape index (κ3) is 3.44. The molecule has 1 heterocycles. The number of aromatic nitrogens is 2. The van der Waals surface area contributed by atoms with Crippen LogP contribution in [-0.2, 0) is 0 Å². The Bertz CT molecular complexity index is 1130. The Morgan fingerprint density at radius 1 is 0.704 bits per heavy atom. The van der Waals surface area contributed by atoms with Gasteiger partial charge in [-0.2, -0.15) is 4.98 Å². The molecule has 3 heteroatoms. The van der Waals surface area contributed by atoms with Crippen molar-refractivity contribution in [3.8, 4) is 28.2 Å². The highest BCUT2D eigenvalue weighted by Crippen LogP contribution is 2.26. The molecule has 4 aromatic rings. The number of benzene rings is 3. The van der Waals surface area contributed by atoms with E-state index in [4.69, 9.17) is 0 Å². The van der Waals surface area contributed by atoms with Crippen molar-refractivity contribution in [3.05, 3.63) is 107 Å². The Labute approximate surface area is 158 Å². The fraction of sp³-hybridized carbons (Fsp3) is 0.0833. The van der Waals surface area contributed by atoms with Gasteiger partial charge in [-0.05, 0) is 37.6 Å². The van der Waals surface area contributed by atoms with Crippen LogP contribution >= 0.6 is 0 Å². The molecule has 3 aromatic carbocycles. The van der Waals surface area contributed by atoms with E-state index in [0.29, 0.717) is 5.69 Å². The van der Waals surface area contributed by atoms with Gasteiger partial charge in [0.25, 0.3) is 0 Å². The van der Waals surface area contributed by atoms with Crippen LogP contribution in [0.15, 0.2) is 89.7 Å². The van der Waals surface area contributed by atoms with Crippen molar-refractivity contribution in [1.29, 1.82) is 0 Å². The van der Waals surface area contributed by atoms with Gasteiger partial charge in [0, 0.05) is 5.56 Å². The first-order chi connectivity index (χ1) is 13.1. The molecule has 0 bridgehead atoms. The predicted molar refractivity (Wildman–Crippen MR) is 110 cm³/mol. The van der Waals surface area contributed by atoms with Crippen LogP contribution in [0.3, 0.4) is 0 Å². The Hall–Kier alpha value is -3.46. The Morgan fingerprint density at radius 2 is 1.26 bits per heavy atom. The topological polar surface area (TPSA) is 34.9 Å². The second-order valence-corrected chi connectivity index (χ2v) is 6.71. The first-order valence-electron chi connectivity index (χ1n) is 8.95. The molecule has 132 valence electrons. The van der Waals surface area contributed by atoms with Crippen LogP contribution in [0.25, 0.3) is 28.2 Å². The molecule has 0 aliphatic heterocycles. The lowest BCUT2D eigenvalue weighted by molar-refractivity contribution is 0.926. The number of nitrogens with zero attached hydrogens (tertiary/aromatic N) is 2. The standard InChI is InChI=1S/C24H20N2O/c1-17-8-12-19(13-9-17)22-16-23(20-14-10-18(2)11-15-20)26(24(27)25-22)21-6-4-3-5-7-21/h3-16H,1-2H3. The minimum Gasteiger partial charge on any atom is -0.260 e. The lowest BCUT2D eigenvalue weighted by Gasteiger charge is -2.14. The summed E-state index contributed by atoms with van der Waals surface area (Å²) in [5.74, 6) is 0. The van der Waals surface area contributed by atoms with Gasteiger partial charge in [0.2, 0.25) is 0 Å². The van der Waals surface area contributed by atoms with Gasteiger partial charge in [0.1, 0.15) is 0 Å². The molecule has 0 spiro atoms. The zero-order chi connectivity index (χ0) is 18.8. The third-order valence-corrected chi connectivity index (χ3v) is 4.63. The molecule has 0 saturated carbocycles. The van der Waals surface area contributed by atoms with E-state index in [1.807, 2.05) is 79.7 Å². The number of aryl methyl sites for hydroxylation is 2. The van der Waals surface area contributed by atoms with Crippen molar-refractivity contribution in [2.45, 2.75) is 13.8 Å². The van der Waals surface area contributed by atoms with Gasteiger partial charge >= 0.3 is 5.69 Å². The Morgan fingerprint density at radius 3 is 1.85 bits per heavy atom. The van der Waals surface area contributed by atoms with E-state index in [-0.39, 0.29) is 5.69 Å². The summed E-state index contributed by atoms with van der Waals surface area (Å²) in [7, 11) is 0. The monoisotopic (exact) mass is 352 g/mol. The summed E-state index contributed by atoms with van der Waals surface area (Å²) in [6.45, 7) is 4.10. The highest BCUT2D eigenvalue weighted by molar-refractivity contribution is 5.69. The molecule has 0 unspecified atom stereocenters. The minimum atomic E-state index is -0.283. The molecule has 0 N–H and O–H groups in total. The summed E-state index contributed by atoms with van der Waals surface area (Å²) in [5, 5.41) is 0. The van der Waals surface area contributed by atoms with Gasteiger partial charge in [-0.3, -0.25) is 4.57 Å². The molecule has 1 aromatic heterocycles. The van der Waals surface area contributed by atoms with Crippen molar-refractivity contribution in [2.75, 3.05) is 0 Å². The molecule has 0 atom stereocenters. The van der Waals surface area contributed by atoms with E-state index in [9.17, 15) is 4.79 Å². The fourth-order valence-electron chi connectivity index (χ4n) is 3.12. The first-order valence-corrected chi connectivity index (χ1v) is 8.95. The van der Waals surface area contributed by atoms with E-state index >= 15 is 0 Å². The summed E-state index contributed by atoms with van der Waals surface area (Å²) < 4.78 is 1.67. The maximum atomic E-state index is 13.0. The smallest absolute Gasteiger partial charge is 0.260 e. The van der Waals surface area contributed by atoms with E-state index in [2.05, 4.69) is 24.0 Å². The van der Waals surface area contributed by atoms with Crippen LogP contribution in [0.1, 0.15) is 11.1 Å². The molecule has 0 amide bonds. The van der Waals surface area contributed by atoms with Crippen molar-refractivity contribution in [1.82, 2.24) is 9.55 Å². The third-order valence-electron chi connectivity index (χ3n) is 4.63. The van der Waals surface area contributed by atoms with Crippen molar-refractivity contribution in [2.24, 2.45) is 0 Å². The highest BCUT2D eigenvalue weighted by atomic mass is 16.1. The molecular weight excluding hydrogens is 332 g/mol. The second-order valence-electron chi connectivity index (χ2n) is 6.71. The summed E-state index contributed by atoms with van der Waals surface area (Å²) in [6.07, 6.45) is 0. The molecule has 4 rings (SSSR count). The van der Waals surface area contributed by atoms with Gasteiger partial charge in [0.15, 0.2) is 0 Å². The summed E-state index contributed by atoms with van der Waals surface area (Å²) in [6, 6.07) is 27.9. The Balaban J connectivity index is 1.98. The molecular formula is C24H20N2O. The van der Waals surface area contributed by atoms with Crippen molar-refractivity contribution >= 4 is 0 Å². The average Bonchev–Trinajstić information content (AvgIpc) is 2.69. The normalized spacial score (nSPS) is 10.7. The Kier molecular flexibility index (Phi) is 4.43. The molecule has 27 heavy (non-hydrogen) atoms. The van der Waals surface area contributed by atoms with Crippen LogP contribution in [0.2, 0.25) is 0 Å². The van der Waals surface area contributed by atoms with E-state index in [0.717, 1.165) is 22.5 Å². The number of para-hydroxylation sites is 1. The highest BCUT2D eigenvalue weighted by Gasteiger charge is 2.13. The van der Waals surface area contributed by atoms with Crippen molar-refractivity contribution < 1.29 is 0 Å². The van der Waals surface area contributed by atoms with Gasteiger partial charge < -0.3 is 0 Å². The number of rotatable bonds is 3. The van der Waals surface area contributed by atoms with Gasteiger partial charge in [0.05, 0.1) is 17.1 Å². The zero-order valence-corrected chi connectivity index (χ0v) is 15.4. The van der Waals surface area contributed by atoms with Crippen LogP contribution in [0.5, 0.6) is 0 Å². The second kappa shape index (κ2) is 7.04. The SMILES string of the molecule is Cc1ccc(-c2cc(-c3ccc(C)cc3)n(-c3ccccc3)c(=O)n2)cc1. The molecule has 0 radical (unpaired) electrons. The summed E-state index contributed by atoms with van der Waals surface area (Å²) in [4.78, 5) is 17.4. The van der Waals surface area contributed by atoms with Crippen LogP contribution in [-0.4, -0.2) is 9.55 Å². The lowest BCUT2D eigenvalue weighted by atomic mass is 10.0. The zero-order valence-electron chi connectivity index (χ0n) is 15.4. The van der Waals surface area contributed by atoms with Crippen LogP contribution < -0.4 is 5.69 Å². The van der Waals surface area contributed by atoms with E-state index in [1.54, 1.807) is 4.57 Å². The van der Waals surface area contributed by atoms with Crippen LogP contribution in [0.4, 0.5) is 0 Å².